The number of hydrogen-bond donors (Lipinski definition) is 1. The Bertz CT molecular complexity index is 738. The van der Waals surface area contributed by atoms with Crippen LogP contribution in [0.2, 0.25) is 0 Å². The SMILES string of the molecule is COC(=O)NC(=O)[C@@H](C)OC(=O)c1ccc(COc2ccccc2)o1. The van der Waals surface area contributed by atoms with Gasteiger partial charge in [-0.1, -0.05) is 18.2 Å². The van der Waals surface area contributed by atoms with E-state index in [1.165, 1.54) is 13.0 Å². The topological polar surface area (TPSA) is 104 Å². The summed E-state index contributed by atoms with van der Waals surface area (Å²) in [6.45, 7) is 1.45. The largest absolute Gasteiger partial charge is 0.486 e. The van der Waals surface area contributed by atoms with Crippen LogP contribution in [0.3, 0.4) is 0 Å². The Balaban J connectivity index is 1.87. The molecule has 1 atom stereocenters. The molecule has 0 saturated carbocycles. The Hall–Kier alpha value is -3.29. The van der Waals surface area contributed by atoms with Crippen LogP contribution in [0.1, 0.15) is 23.2 Å². The number of methoxy groups -OCH3 is 1. The van der Waals surface area contributed by atoms with Crippen molar-refractivity contribution in [3.05, 3.63) is 54.0 Å². The molecule has 2 aromatic rings. The molecule has 0 aliphatic carbocycles. The monoisotopic (exact) mass is 347 g/mol. The van der Waals surface area contributed by atoms with E-state index >= 15 is 0 Å². The number of amides is 2. The molecule has 1 aromatic heterocycles. The summed E-state index contributed by atoms with van der Waals surface area (Å²) in [5, 5.41) is 1.90. The Kier molecular flexibility index (Phi) is 6.16. The van der Waals surface area contributed by atoms with Crippen LogP contribution in [0.4, 0.5) is 4.79 Å². The van der Waals surface area contributed by atoms with Gasteiger partial charge in [-0.25, -0.2) is 9.59 Å². The molecule has 0 fully saturated rings. The second-order valence-corrected chi connectivity index (χ2v) is 4.90. The van der Waals surface area contributed by atoms with E-state index in [1.807, 2.05) is 23.5 Å². The number of ether oxygens (including phenoxy) is 3. The molecule has 0 spiro atoms. The average molecular weight is 347 g/mol. The maximum Gasteiger partial charge on any atom is 0.413 e. The fourth-order valence-electron chi connectivity index (χ4n) is 1.76. The minimum absolute atomic E-state index is 0.0793. The van der Waals surface area contributed by atoms with Gasteiger partial charge < -0.3 is 18.6 Å². The van der Waals surface area contributed by atoms with E-state index in [0.29, 0.717) is 11.5 Å². The van der Waals surface area contributed by atoms with Gasteiger partial charge in [-0.05, 0) is 31.2 Å². The highest BCUT2D eigenvalue weighted by Gasteiger charge is 2.22. The molecule has 1 N–H and O–H groups in total. The summed E-state index contributed by atoms with van der Waals surface area (Å²) in [4.78, 5) is 34.5. The first-order valence-corrected chi connectivity index (χ1v) is 7.36. The van der Waals surface area contributed by atoms with Crippen LogP contribution in [0.5, 0.6) is 5.75 Å². The van der Waals surface area contributed by atoms with E-state index in [1.54, 1.807) is 18.2 Å². The van der Waals surface area contributed by atoms with Gasteiger partial charge in [0, 0.05) is 0 Å². The molecule has 8 nitrogen and oxygen atoms in total. The lowest BCUT2D eigenvalue weighted by Gasteiger charge is -2.11. The van der Waals surface area contributed by atoms with E-state index in [0.717, 1.165) is 7.11 Å². The zero-order valence-corrected chi connectivity index (χ0v) is 13.7. The number of imide groups is 1. The van der Waals surface area contributed by atoms with E-state index in [9.17, 15) is 14.4 Å². The number of rotatable bonds is 6. The summed E-state index contributed by atoms with van der Waals surface area (Å²) >= 11 is 0. The van der Waals surface area contributed by atoms with Crippen LogP contribution in [-0.2, 0) is 20.9 Å². The normalized spacial score (nSPS) is 11.3. The van der Waals surface area contributed by atoms with Gasteiger partial charge in [-0.3, -0.25) is 10.1 Å². The number of para-hydroxylation sites is 1. The van der Waals surface area contributed by atoms with Crippen molar-refractivity contribution >= 4 is 18.0 Å². The maximum absolute atomic E-state index is 11.9. The highest BCUT2D eigenvalue weighted by atomic mass is 16.6. The number of esters is 1. The molecular weight excluding hydrogens is 330 g/mol. The standard InChI is InChI=1S/C17H17NO7/c1-11(15(19)18-17(21)22-2)24-16(20)14-9-8-13(25-14)10-23-12-6-4-3-5-7-12/h3-9,11H,10H2,1-2H3,(H,18,19,21)/t11-/m1/s1. The second-order valence-electron chi connectivity index (χ2n) is 4.90. The maximum atomic E-state index is 11.9. The second kappa shape index (κ2) is 8.53. The number of carbonyl (C=O) groups is 3. The number of benzene rings is 1. The van der Waals surface area contributed by atoms with Crippen molar-refractivity contribution in [1.29, 1.82) is 0 Å². The molecule has 132 valence electrons. The molecule has 1 aromatic carbocycles. The molecule has 2 amide bonds. The first kappa shape index (κ1) is 18.1. The Morgan fingerprint density at radius 3 is 2.52 bits per heavy atom. The lowest BCUT2D eigenvalue weighted by molar-refractivity contribution is -0.128. The van der Waals surface area contributed by atoms with Gasteiger partial charge in [-0.2, -0.15) is 0 Å². The quantitative estimate of drug-likeness (QED) is 0.799. The lowest BCUT2D eigenvalue weighted by atomic mass is 10.3. The molecule has 0 unspecified atom stereocenters. The van der Waals surface area contributed by atoms with Crippen molar-refractivity contribution in [2.45, 2.75) is 19.6 Å². The predicted octanol–water partition coefficient (Wildman–Crippen LogP) is 2.29. The van der Waals surface area contributed by atoms with Crippen molar-refractivity contribution < 1.29 is 33.0 Å². The molecule has 0 bridgehead atoms. The van der Waals surface area contributed by atoms with Crippen LogP contribution < -0.4 is 10.1 Å². The van der Waals surface area contributed by atoms with Crippen LogP contribution in [-0.4, -0.2) is 31.2 Å². The number of furan rings is 1. The molecule has 0 aliphatic rings. The Labute approximate surface area is 143 Å². The van der Waals surface area contributed by atoms with Gasteiger partial charge in [0.15, 0.2) is 6.10 Å². The molecule has 2 rings (SSSR count). The number of hydrogen-bond acceptors (Lipinski definition) is 7. The van der Waals surface area contributed by atoms with E-state index in [-0.39, 0.29) is 12.4 Å². The summed E-state index contributed by atoms with van der Waals surface area (Å²) in [5.41, 5.74) is 0. The van der Waals surface area contributed by atoms with Crippen molar-refractivity contribution in [2.75, 3.05) is 7.11 Å². The van der Waals surface area contributed by atoms with Crippen molar-refractivity contribution in [3.8, 4) is 5.75 Å². The summed E-state index contributed by atoms with van der Waals surface area (Å²) in [6, 6.07) is 12.1. The number of nitrogens with one attached hydrogen (secondary N) is 1. The summed E-state index contributed by atoms with van der Waals surface area (Å²) in [7, 11) is 1.11. The number of carbonyl (C=O) groups excluding carboxylic acids is 3. The minimum atomic E-state index is -1.19. The number of alkyl carbamates (subject to hydrolysis) is 1. The van der Waals surface area contributed by atoms with E-state index in [2.05, 4.69) is 4.74 Å². The van der Waals surface area contributed by atoms with Gasteiger partial charge in [-0.15, -0.1) is 0 Å². The fourth-order valence-corrected chi connectivity index (χ4v) is 1.76. The van der Waals surface area contributed by atoms with Crippen molar-refractivity contribution in [2.24, 2.45) is 0 Å². The minimum Gasteiger partial charge on any atom is -0.486 e. The molecule has 0 saturated heterocycles. The van der Waals surface area contributed by atoms with Crippen LogP contribution >= 0.6 is 0 Å². The highest BCUT2D eigenvalue weighted by Crippen LogP contribution is 2.15. The van der Waals surface area contributed by atoms with Gasteiger partial charge >= 0.3 is 12.1 Å². The molecule has 0 radical (unpaired) electrons. The Morgan fingerprint density at radius 1 is 1.12 bits per heavy atom. The molecule has 8 heteroatoms. The summed E-state index contributed by atoms with van der Waals surface area (Å²) < 4.78 is 20.0. The first-order chi connectivity index (χ1) is 12.0. The molecule has 0 aliphatic heterocycles. The van der Waals surface area contributed by atoms with Crippen LogP contribution in [0.25, 0.3) is 0 Å². The molecular formula is C17H17NO7. The van der Waals surface area contributed by atoms with Gasteiger partial charge in [0.05, 0.1) is 7.11 Å². The average Bonchev–Trinajstić information content (AvgIpc) is 3.09. The Morgan fingerprint density at radius 2 is 1.84 bits per heavy atom. The fraction of sp³-hybridized carbons (Fsp3) is 0.235. The van der Waals surface area contributed by atoms with Crippen LogP contribution in [0, 0.1) is 0 Å². The summed E-state index contributed by atoms with van der Waals surface area (Å²) in [5.74, 6) is -0.638. The van der Waals surface area contributed by atoms with E-state index in [4.69, 9.17) is 13.9 Å². The van der Waals surface area contributed by atoms with Gasteiger partial charge in [0.1, 0.15) is 18.1 Å². The van der Waals surface area contributed by atoms with Crippen molar-refractivity contribution in [3.63, 3.8) is 0 Å². The molecule has 1 heterocycles. The van der Waals surface area contributed by atoms with Gasteiger partial charge in [0.2, 0.25) is 5.76 Å². The molecule has 25 heavy (non-hydrogen) atoms. The zero-order valence-electron chi connectivity index (χ0n) is 13.7. The summed E-state index contributed by atoms with van der Waals surface area (Å²) in [6.07, 6.45) is -2.13. The highest BCUT2D eigenvalue weighted by molar-refractivity contribution is 5.96. The zero-order chi connectivity index (χ0) is 18.2. The lowest BCUT2D eigenvalue weighted by Crippen LogP contribution is -2.39. The van der Waals surface area contributed by atoms with Crippen molar-refractivity contribution in [1.82, 2.24) is 5.32 Å². The van der Waals surface area contributed by atoms with E-state index < -0.39 is 24.1 Å². The smallest absolute Gasteiger partial charge is 0.413 e. The first-order valence-electron chi connectivity index (χ1n) is 7.36. The predicted molar refractivity (Wildman–Crippen MR) is 84.9 cm³/mol. The van der Waals surface area contributed by atoms with Crippen LogP contribution in [0.15, 0.2) is 46.9 Å². The third-order valence-corrected chi connectivity index (χ3v) is 3.05. The third-order valence-electron chi connectivity index (χ3n) is 3.05. The third kappa shape index (κ3) is 5.38. The van der Waals surface area contributed by atoms with Gasteiger partial charge in [0.25, 0.3) is 5.91 Å².